The highest BCUT2D eigenvalue weighted by Gasteiger charge is 2.22. The molecule has 0 unspecified atom stereocenters. The Hall–Kier alpha value is -2.14. The second-order valence-electron chi connectivity index (χ2n) is 6.61. The molecular weight excluding hydrogens is 300 g/mol. The summed E-state index contributed by atoms with van der Waals surface area (Å²) in [4.78, 5) is 14.2. The van der Waals surface area contributed by atoms with Gasteiger partial charge in [-0.15, -0.1) is 0 Å². The number of nitrogens with zero attached hydrogens (tertiary/aromatic N) is 4. The fourth-order valence-electron chi connectivity index (χ4n) is 3.64. The van der Waals surface area contributed by atoms with Crippen LogP contribution in [0.15, 0.2) is 30.5 Å². The fourth-order valence-corrected chi connectivity index (χ4v) is 3.64. The van der Waals surface area contributed by atoms with Crippen LogP contribution in [-0.4, -0.2) is 41.6 Å². The molecule has 5 nitrogen and oxygen atoms in total. The van der Waals surface area contributed by atoms with Gasteiger partial charge in [0, 0.05) is 56.5 Å². The first-order valence-electron chi connectivity index (χ1n) is 8.77. The molecule has 1 aromatic heterocycles. The quantitative estimate of drug-likeness (QED) is 0.865. The Morgan fingerprint density at radius 2 is 1.96 bits per heavy atom. The van der Waals surface area contributed by atoms with E-state index in [1.54, 1.807) is 7.11 Å². The minimum atomic E-state index is 0.900. The third kappa shape index (κ3) is 3.08. The lowest BCUT2D eigenvalue weighted by molar-refractivity contribution is 0.239. The monoisotopic (exact) mass is 324 g/mol. The van der Waals surface area contributed by atoms with Gasteiger partial charge in [0.15, 0.2) is 0 Å². The summed E-state index contributed by atoms with van der Waals surface area (Å²) in [6, 6.07) is 8.25. The van der Waals surface area contributed by atoms with E-state index in [1.807, 2.05) is 18.3 Å². The average molecular weight is 324 g/mol. The number of fused-ring (bicyclic) bond motifs is 1. The van der Waals surface area contributed by atoms with Crippen LogP contribution in [0.25, 0.3) is 0 Å². The third-order valence-electron chi connectivity index (χ3n) is 4.98. The van der Waals surface area contributed by atoms with Crippen molar-refractivity contribution in [3.05, 3.63) is 47.3 Å². The Labute approximate surface area is 143 Å². The van der Waals surface area contributed by atoms with E-state index in [9.17, 15) is 0 Å². The van der Waals surface area contributed by atoms with Gasteiger partial charge in [0.05, 0.1) is 12.8 Å². The van der Waals surface area contributed by atoms with E-state index in [-0.39, 0.29) is 0 Å². The fraction of sp³-hybridized carbons (Fsp3) is 0.474. The molecule has 1 saturated heterocycles. The van der Waals surface area contributed by atoms with Gasteiger partial charge in [-0.05, 0) is 18.9 Å². The maximum absolute atomic E-state index is 5.47. The standard InChI is InChI=1S/C19H24N4O/c1-24-18-7-3-2-6-15(18)13-22-11-8-17-16(14-22)12-20-19(21-17)23-9-4-5-10-23/h2-3,6-7,12H,4-5,8-11,13-14H2,1H3. The lowest BCUT2D eigenvalue weighted by atomic mass is 10.1. The van der Waals surface area contributed by atoms with Crippen molar-refractivity contribution in [3.8, 4) is 5.75 Å². The zero-order valence-electron chi connectivity index (χ0n) is 14.2. The van der Waals surface area contributed by atoms with Gasteiger partial charge in [-0.3, -0.25) is 4.90 Å². The molecule has 2 aliphatic rings. The van der Waals surface area contributed by atoms with E-state index in [0.717, 1.165) is 50.8 Å². The molecule has 0 spiro atoms. The smallest absolute Gasteiger partial charge is 0.225 e. The SMILES string of the molecule is COc1ccccc1CN1CCc2nc(N3CCCC3)ncc2C1. The van der Waals surface area contributed by atoms with E-state index < -0.39 is 0 Å². The zero-order chi connectivity index (χ0) is 16.4. The molecule has 24 heavy (non-hydrogen) atoms. The van der Waals surface area contributed by atoms with Gasteiger partial charge in [0.25, 0.3) is 0 Å². The molecule has 0 atom stereocenters. The van der Waals surface area contributed by atoms with Gasteiger partial charge in [0.1, 0.15) is 5.75 Å². The van der Waals surface area contributed by atoms with Crippen LogP contribution >= 0.6 is 0 Å². The summed E-state index contributed by atoms with van der Waals surface area (Å²) in [7, 11) is 1.73. The molecule has 0 amide bonds. The highest BCUT2D eigenvalue weighted by Crippen LogP contribution is 2.25. The molecule has 5 heteroatoms. The Morgan fingerprint density at radius 3 is 2.79 bits per heavy atom. The Bertz CT molecular complexity index is 712. The number of ether oxygens (including phenoxy) is 1. The molecule has 126 valence electrons. The third-order valence-corrected chi connectivity index (χ3v) is 4.98. The molecular formula is C19H24N4O. The van der Waals surface area contributed by atoms with E-state index in [4.69, 9.17) is 9.72 Å². The molecule has 0 radical (unpaired) electrons. The largest absolute Gasteiger partial charge is 0.496 e. The maximum Gasteiger partial charge on any atom is 0.225 e. The number of benzene rings is 1. The first-order valence-corrected chi connectivity index (χ1v) is 8.77. The van der Waals surface area contributed by atoms with Crippen LogP contribution in [0, 0.1) is 0 Å². The van der Waals surface area contributed by atoms with Gasteiger partial charge in [-0.1, -0.05) is 18.2 Å². The van der Waals surface area contributed by atoms with E-state index in [0.29, 0.717) is 0 Å². The number of rotatable bonds is 4. The normalized spacial score (nSPS) is 17.8. The molecule has 0 saturated carbocycles. The predicted molar refractivity (Wildman–Crippen MR) is 94.3 cm³/mol. The molecule has 2 aromatic rings. The lowest BCUT2D eigenvalue weighted by Gasteiger charge is -2.29. The summed E-state index contributed by atoms with van der Waals surface area (Å²) in [5, 5.41) is 0. The summed E-state index contributed by atoms with van der Waals surface area (Å²) in [5.41, 5.74) is 3.72. The number of aromatic nitrogens is 2. The number of methoxy groups -OCH3 is 1. The van der Waals surface area contributed by atoms with Crippen molar-refractivity contribution < 1.29 is 4.74 Å². The van der Waals surface area contributed by atoms with Crippen LogP contribution in [0.4, 0.5) is 5.95 Å². The Balaban J connectivity index is 1.47. The van der Waals surface area contributed by atoms with Crippen molar-refractivity contribution >= 4 is 5.95 Å². The Morgan fingerprint density at radius 1 is 1.12 bits per heavy atom. The number of anilines is 1. The van der Waals surface area contributed by atoms with Gasteiger partial charge in [-0.25, -0.2) is 9.97 Å². The van der Waals surface area contributed by atoms with Crippen molar-refractivity contribution in [3.63, 3.8) is 0 Å². The molecule has 0 aliphatic carbocycles. The van der Waals surface area contributed by atoms with Crippen LogP contribution in [0.2, 0.25) is 0 Å². The first kappa shape index (κ1) is 15.4. The molecule has 1 aromatic carbocycles. The second-order valence-corrected chi connectivity index (χ2v) is 6.61. The van der Waals surface area contributed by atoms with Crippen LogP contribution in [0.1, 0.15) is 29.7 Å². The minimum Gasteiger partial charge on any atom is -0.496 e. The van der Waals surface area contributed by atoms with Crippen LogP contribution in [-0.2, 0) is 19.5 Å². The summed E-state index contributed by atoms with van der Waals surface area (Å²) in [6.07, 6.45) is 5.54. The summed E-state index contributed by atoms with van der Waals surface area (Å²) >= 11 is 0. The van der Waals surface area contributed by atoms with E-state index in [1.165, 1.54) is 29.7 Å². The molecule has 0 N–H and O–H groups in total. The van der Waals surface area contributed by atoms with Crippen LogP contribution < -0.4 is 9.64 Å². The highest BCUT2D eigenvalue weighted by molar-refractivity contribution is 5.36. The predicted octanol–water partition coefficient (Wildman–Crippen LogP) is 2.64. The van der Waals surface area contributed by atoms with Crippen LogP contribution in [0.3, 0.4) is 0 Å². The van der Waals surface area contributed by atoms with Gasteiger partial charge in [-0.2, -0.15) is 0 Å². The van der Waals surface area contributed by atoms with Gasteiger partial charge >= 0.3 is 0 Å². The number of hydrogen-bond acceptors (Lipinski definition) is 5. The summed E-state index contributed by atoms with van der Waals surface area (Å²) in [6.45, 7) is 5.03. The van der Waals surface area contributed by atoms with E-state index >= 15 is 0 Å². The van der Waals surface area contributed by atoms with Gasteiger partial charge < -0.3 is 9.64 Å². The zero-order valence-corrected chi connectivity index (χ0v) is 14.2. The number of hydrogen-bond donors (Lipinski definition) is 0. The topological polar surface area (TPSA) is 41.5 Å². The number of para-hydroxylation sites is 1. The Kier molecular flexibility index (Phi) is 4.34. The molecule has 1 fully saturated rings. The molecule has 4 rings (SSSR count). The van der Waals surface area contributed by atoms with Crippen molar-refractivity contribution in [1.82, 2.24) is 14.9 Å². The van der Waals surface area contributed by atoms with Gasteiger partial charge in [0.2, 0.25) is 5.95 Å². The van der Waals surface area contributed by atoms with Crippen molar-refractivity contribution in [2.75, 3.05) is 31.6 Å². The average Bonchev–Trinajstić information content (AvgIpc) is 3.16. The lowest BCUT2D eigenvalue weighted by Crippen LogP contribution is -2.32. The van der Waals surface area contributed by atoms with Crippen LogP contribution in [0.5, 0.6) is 5.75 Å². The molecule has 3 heterocycles. The van der Waals surface area contributed by atoms with E-state index in [2.05, 4.69) is 26.9 Å². The minimum absolute atomic E-state index is 0.900. The second kappa shape index (κ2) is 6.77. The molecule has 2 aliphatic heterocycles. The maximum atomic E-state index is 5.47. The van der Waals surface area contributed by atoms with Crippen molar-refractivity contribution in [2.24, 2.45) is 0 Å². The van der Waals surface area contributed by atoms with Crippen molar-refractivity contribution in [2.45, 2.75) is 32.4 Å². The first-order chi connectivity index (χ1) is 11.8. The van der Waals surface area contributed by atoms with Crippen molar-refractivity contribution in [1.29, 1.82) is 0 Å². The highest BCUT2D eigenvalue weighted by atomic mass is 16.5. The molecule has 0 bridgehead atoms. The summed E-state index contributed by atoms with van der Waals surface area (Å²) < 4.78 is 5.47. The summed E-state index contributed by atoms with van der Waals surface area (Å²) in [5.74, 6) is 1.88.